The van der Waals surface area contributed by atoms with E-state index in [0.717, 1.165) is 18.2 Å². The van der Waals surface area contributed by atoms with Crippen molar-refractivity contribution in [1.29, 1.82) is 0 Å². The first-order valence-corrected chi connectivity index (χ1v) is 10.4. The molecule has 0 fully saturated rings. The van der Waals surface area contributed by atoms with Gasteiger partial charge in [-0.1, -0.05) is 0 Å². The van der Waals surface area contributed by atoms with Gasteiger partial charge in [-0.25, -0.2) is 8.78 Å². The van der Waals surface area contributed by atoms with E-state index in [1.54, 1.807) is 0 Å². The van der Waals surface area contributed by atoms with Gasteiger partial charge in [0.1, 0.15) is 11.6 Å². The minimum atomic E-state index is -0.593. The maximum Gasteiger partial charge on any atom is 0.560 e. The van der Waals surface area contributed by atoms with Crippen LogP contribution in [-0.4, -0.2) is 16.0 Å². The molecule has 1 radical (unpaired) electrons. The van der Waals surface area contributed by atoms with Gasteiger partial charge in [0, 0.05) is 6.07 Å². The van der Waals surface area contributed by atoms with Gasteiger partial charge in [-0.05, 0) is 18.2 Å². The number of hydrogen-bond donors (Lipinski definition) is 0. The molecule has 0 saturated heterocycles. The van der Waals surface area contributed by atoms with Crippen LogP contribution in [0.25, 0.3) is 0 Å². The molecule has 1 rings (SSSR count). The van der Waals surface area contributed by atoms with Crippen molar-refractivity contribution in [3.05, 3.63) is 35.9 Å². The highest BCUT2D eigenvalue weighted by Crippen LogP contribution is 1.98. The van der Waals surface area contributed by atoms with E-state index < -0.39 is 11.6 Å². The Morgan fingerprint density at radius 2 is 1.55 bits per heavy atom. The molecular formula is C6H3Br2F2Mg. The summed E-state index contributed by atoms with van der Waals surface area (Å²) in [5.74, 6) is -1.19. The Kier molecular flexibility index (Phi) is 8.00. The van der Waals surface area contributed by atoms with E-state index in [1.165, 1.54) is 0 Å². The summed E-state index contributed by atoms with van der Waals surface area (Å²) in [5, 5.41) is 0. The Morgan fingerprint density at radius 3 is 1.73 bits per heavy atom. The van der Waals surface area contributed by atoms with Gasteiger partial charge in [0.25, 0.3) is 0 Å². The van der Waals surface area contributed by atoms with Crippen molar-refractivity contribution in [2.24, 2.45) is 0 Å². The average molecular weight is 297 g/mol. The highest BCUT2D eigenvalue weighted by molar-refractivity contribution is 9.47. The highest BCUT2D eigenvalue weighted by Gasteiger charge is 1.88. The van der Waals surface area contributed by atoms with E-state index in [0.29, 0.717) is 0 Å². The Hall–Kier alpha value is 0.806. The van der Waals surface area contributed by atoms with E-state index >= 15 is 0 Å². The maximum absolute atomic E-state index is 11.9. The fourth-order valence-corrected chi connectivity index (χ4v) is 0.416. The Balaban J connectivity index is 0.000000292. The van der Waals surface area contributed by atoms with Crippen LogP contribution in [0, 0.1) is 17.7 Å². The van der Waals surface area contributed by atoms with Gasteiger partial charge in [0.2, 0.25) is 0 Å². The third-order valence-electron chi connectivity index (χ3n) is 0.718. The summed E-state index contributed by atoms with van der Waals surface area (Å²) in [6.45, 7) is 0. The lowest BCUT2D eigenvalue weighted by Crippen LogP contribution is -1.74. The molecule has 0 spiro atoms. The van der Waals surface area contributed by atoms with E-state index in [2.05, 4.69) is 31.8 Å². The molecule has 0 aliphatic carbocycles. The summed E-state index contributed by atoms with van der Waals surface area (Å²) in [6, 6.07) is 5.23. The van der Waals surface area contributed by atoms with Gasteiger partial charge < -0.3 is 0 Å². The van der Waals surface area contributed by atoms with Gasteiger partial charge >= 0.3 is 16.0 Å². The molecule has 0 heterocycles. The van der Waals surface area contributed by atoms with E-state index in [9.17, 15) is 8.78 Å². The average Bonchev–Trinajstić information content (AvgIpc) is 1.88. The highest BCUT2D eigenvalue weighted by atomic mass is 79.9. The van der Waals surface area contributed by atoms with E-state index in [4.69, 9.17) is 0 Å². The van der Waals surface area contributed by atoms with Crippen molar-refractivity contribution in [1.82, 2.24) is 0 Å². The Morgan fingerprint density at radius 1 is 1.18 bits per heavy atom. The van der Waals surface area contributed by atoms with Crippen LogP contribution in [0.2, 0.25) is 0 Å². The van der Waals surface area contributed by atoms with Crippen LogP contribution in [0.15, 0.2) is 18.2 Å². The topological polar surface area (TPSA) is 0 Å². The lowest BCUT2D eigenvalue weighted by molar-refractivity contribution is 0.583. The van der Waals surface area contributed by atoms with Crippen molar-refractivity contribution in [2.75, 3.05) is 0 Å². The zero-order valence-electron chi connectivity index (χ0n) is 5.45. The molecule has 0 bridgehead atoms. The molecule has 0 aromatic heterocycles. The molecule has 0 atom stereocenters. The second kappa shape index (κ2) is 7.46. The van der Waals surface area contributed by atoms with E-state index in [-0.39, 0.29) is 16.0 Å². The largest absolute Gasteiger partial charge is 0.560 e. The van der Waals surface area contributed by atoms with Gasteiger partial charge in [0.05, 0.1) is 0 Å². The quantitative estimate of drug-likeness (QED) is 0.646. The van der Waals surface area contributed by atoms with Crippen LogP contribution in [0.4, 0.5) is 8.78 Å². The van der Waals surface area contributed by atoms with Crippen LogP contribution in [0.3, 0.4) is 0 Å². The second-order valence-electron chi connectivity index (χ2n) is 1.47. The molecule has 0 amide bonds. The number of rotatable bonds is 0. The Labute approximate surface area is 85.8 Å². The summed E-state index contributed by atoms with van der Waals surface area (Å²) in [6.07, 6.45) is 0. The fourth-order valence-electron chi connectivity index (χ4n) is 0.416. The van der Waals surface area contributed by atoms with Crippen molar-refractivity contribution < 1.29 is 8.78 Å². The standard InChI is InChI=1S/C6H3F2.2BrH.Mg/c7-5-2-1-3-6(8)4-5;;;/h2-4H;2*1H;/q;;;+2/p-2. The van der Waals surface area contributed by atoms with Crippen molar-refractivity contribution in [2.45, 2.75) is 0 Å². The molecule has 5 heteroatoms. The zero-order chi connectivity index (χ0) is 8.69. The summed E-state index contributed by atoms with van der Waals surface area (Å²) >= 11 is 6.44. The van der Waals surface area contributed by atoms with Crippen LogP contribution in [0.1, 0.15) is 0 Å². The molecule has 0 unspecified atom stereocenters. The van der Waals surface area contributed by atoms with Gasteiger partial charge in [-0.2, -0.15) is 0 Å². The first-order chi connectivity index (χ1) is 5.20. The summed E-state index contributed by atoms with van der Waals surface area (Å²) < 4.78 is 23.8. The minimum absolute atomic E-state index is 0.0417. The molecule has 0 aliphatic heterocycles. The molecule has 1 aromatic rings. The zero-order valence-corrected chi connectivity index (χ0v) is 10.0. The smallest absolute Gasteiger partial charge is 0.280 e. The molecular weight excluding hydrogens is 294 g/mol. The molecule has 0 saturated carbocycles. The Bertz CT molecular complexity index is 190. The molecule has 0 nitrogen and oxygen atoms in total. The van der Waals surface area contributed by atoms with Crippen LogP contribution in [-0.2, 0) is 0 Å². The van der Waals surface area contributed by atoms with Gasteiger partial charge in [-0.3, -0.25) is 25.8 Å². The molecule has 57 valence electrons. The summed E-state index contributed by atoms with van der Waals surface area (Å²) in [5.41, 5.74) is 0. The maximum atomic E-state index is 11.9. The first-order valence-electron chi connectivity index (χ1n) is 2.64. The van der Waals surface area contributed by atoms with Crippen molar-refractivity contribution in [3.63, 3.8) is 0 Å². The monoisotopic (exact) mass is 295 g/mol. The normalized spacial score (nSPS) is 7.64. The summed E-state index contributed by atoms with van der Waals surface area (Å²) in [7, 11) is 0. The van der Waals surface area contributed by atoms with E-state index in [1.807, 2.05) is 0 Å². The van der Waals surface area contributed by atoms with Crippen LogP contribution < -0.4 is 0 Å². The molecule has 0 aliphatic rings. The predicted molar refractivity (Wildman–Crippen MR) is 48.8 cm³/mol. The number of hydrogen-bond acceptors (Lipinski definition) is 0. The fraction of sp³-hybridized carbons (Fsp3) is 0. The SMILES string of the molecule is Fc1c[c]cc(F)c1.[Br][Mg][Br]. The predicted octanol–water partition coefficient (Wildman–Crippen LogP) is 3.08. The van der Waals surface area contributed by atoms with Crippen LogP contribution in [0.5, 0.6) is 0 Å². The minimum Gasteiger partial charge on any atom is -0.280 e. The van der Waals surface area contributed by atoms with Gasteiger partial charge in [-0.15, -0.1) is 0 Å². The van der Waals surface area contributed by atoms with Crippen molar-refractivity contribution >= 4 is 41.8 Å². The summed E-state index contributed by atoms with van der Waals surface area (Å²) in [4.78, 5) is 0. The first kappa shape index (κ1) is 11.8. The third-order valence-corrected chi connectivity index (χ3v) is 0.718. The number of halogens is 4. The number of benzene rings is 1. The van der Waals surface area contributed by atoms with Crippen LogP contribution >= 0.6 is 25.8 Å². The second-order valence-corrected chi connectivity index (χ2v) is 9.55. The lowest BCUT2D eigenvalue weighted by atomic mass is 10.3. The van der Waals surface area contributed by atoms with Gasteiger partial charge in [0.15, 0.2) is 0 Å². The third kappa shape index (κ3) is 7.18. The molecule has 1 aromatic carbocycles. The lowest BCUT2D eigenvalue weighted by Gasteiger charge is -1.83. The molecule has 0 N–H and O–H groups in total. The molecule has 11 heavy (non-hydrogen) atoms. The van der Waals surface area contributed by atoms with Crippen molar-refractivity contribution in [3.8, 4) is 0 Å².